The maximum Gasteiger partial charge on any atom is 0.186 e. The van der Waals surface area contributed by atoms with Gasteiger partial charge in [0.15, 0.2) is 5.13 Å². The highest BCUT2D eigenvalue weighted by Gasteiger charge is 2.27. The third-order valence-electron chi connectivity index (χ3n) is 4.36. The predicted octanol–water partition coefficient (Wildman–Crippen LogP) is 3.75. The lowest BCUT2D eigenvalue weighted by Gasteiger charge is -2.16. The van der Waals surface area contributed by atoms with E-state index in [4.69, 9.17) is 10.7 Å². The van der Waals surface area contributed by atoms with Crippen LogP contribution in [0.3, 0.4) is 0 Å². The van der Waals surface area contributed by atoms with Crippen LogP contribution in [0, 0.1) is 11.8 Å². The lowest BCUT2D eigenvalue weighted by Crippen LogP contribution is -2.20. The van der Waals surface area contributed by atoms with Crippen LogP contribution in [0.5, 0.6) is 0 Å². The van der Waals surface area contributed by atoms with Gasteiger partial charge in [-0.3, -0.25) is 0 Å². The van der Waals surface area contributed by atoms with Crippen molar-refractivity contribution in [1.82, 2.24) is 4.98 Å². The number of rotatable bonds is 4. The molecule has 0 amide bonds. The van der Waals surface area contributed by atoms with Gasteiger partial charge in [0.2, 0.25) is 0 Å². The molecule has 0 radical (unpaired) electrons. The van der Waals surface area contributed by atoms with Crippen LogP contribution >= 0.6 is 11.3 Å². The van der Waals surface area contributed by atoms with E-state index in [0.717, 1.165) is 35.8 Å². The number of thiazole rings is 1. The van der Waals surface area contributed by atoms with Crippen LogP contribution in [0.2, 0.25) is 0 Å². The monoisotopic (exact) mass is 301 g/mol. The van der Waals surface area contributed by atoms with Gasteiger partial charge < -0.3 is 10.6 Å². The van der Waals surface area contributed by atoms with Crippen molar-refractivity contribution < 1.29 is 0 Å². The van der Waals surface area contributed by atoms with Crippen molar-refractivity contribution in [3.8, 4) is 11.3 Å². The molecule has 2 heterocycles. The van der Waals surface area contributed by atoms with E-state index < -0.39 is 0 Å². The summed E-state index contributed by atoms with van der Waals surface area (Å²) in [7, 11) is 0. The minimum Gasteiger partial charge on any atom is -0.348 e. The highest BCUT2D eigenvalue weighted by atomic mass is 32.1. The zero-order chi connectivity index (χ0) is 14.8. The quantitative estimate of drug-likeness (QED) is 0.935. The van der Waals surface area contributed by atoms with E-state index in [9.17, 15) is 0 Å². The maximum atomic E-state index is 5.93. The molecule has 1 aromatic carbocycles. The van der Waals surface area contributed by atoms with Crippen molar-refractivity contribution in [2.24, 2.45) is 17.6 Å². The van der Waals surface area contributed by atoms with Crippen LogP contribution in [0.1, 0.15) is 25.1 Å². The topological polar surface area (TPSA) is 42.2 Å². The molecule has 1 atom stereocenters. The number of nitrogens with two attached hydrogens (primary N) is 1. The molecule has 0 aliphatic carbocycles. The number of anilines is 1. The van der Waals surface area contributed by atoms with Gasteiger partial charge in [0, 0.05) is 30.1 Å². The Hall–Kier alpha value is -1.39. The Morgan fingerprint density at radius 1 is 1.33 bits per heavy atom. The van der Waals surface area contributed by atoms with E-state index in [1.54, 1.807) is 11.3 Å². The van der Waals surface area contributed by atoms with E-state index in [1.165, 1.54) is 16.9 Å². The Bertz CT molecular complexity index is 591. The highest BCUT2D eigenvalue weighted by Crippen LogP contribution is 2.36. The Morgan fingerprint density at radius 3 is 2.71 bits per heavy atom. The first-order valence-electron chi connectivity index (χ1n) is 7.69. The lowest BCUT2D eigenvalue weighted by atomic mass is 9.95. The van der Waals surface area contributed by atoms with Gasteiger partial charge in [-0.25, -0.2) is 4.98 Å². The number of hydrogen-bond donors (Lipinski definition) is 1. The predicted molar refractivity (Wildman–Crippen MR) is 90.6 cm³/mol. The van der Waals surface area contributed by atoms with Gasteiger partial charge in [-0.2, -0.15) is 0 Å². The normalized spacial score (nSPS) is 18.7. The summed E-state index contributed by atoms with van der Waals surface area (Å²) in [4.78, 5) is 8.51. The van der Waals surface area contributed by atoms with Crippen molar-refractivity contribution >= 4 is 16.5 Å². The van der Waals surface area contributed by atoms with Crippen LogP contribution in [0.4, 0.5) is 5.13 Å². The summed E-state index contributed by atoms with van der Waals surface area (Å²) in [6.07, 6.45) is 1.27. The molecule has 0 saturated carbocycles. The number of aromatic nitrogens is 1. The number of hydrogen-bond acceptors (Lipinski definition) is 4. The van der Waals surface area contributed by atoms with Crippen molar-refractivity contribution in [2.45, 2.75) is 26.8 Å². The summed E-state index contributed by atoms with van der Waals surface area (Å²) in [5.74, 6) is 1.54. The van der Waals surface area contributed by atoms with Crippen molar-refractivity contribution in [2.75, 3.05) is 18.0 Å². The molecule has 112 valence electrons. The third kappa shape index (κ3) is 2.97. The number of benzene rings is 1. The molecule has 4 heteroatoms. The van der Waals surface area contributed by atoms with Crippen molar-refractivity contribution in [3.05, 3.63) is 35.2 Å². The van der Waals surface area contributed by atoms with Crippen molar-refractivity contribution in [3.63, 3.8) is 0 Å². The average Bonchev–Trinajstić information content (AvgIpc) is 3.14. The Kier molecular flexibility index (Phi) is 4.27. The number of nitrogens with zero attached hydrogens (tertiary/aromatic N) is 2. The van der Waals surface area contributed by atoms with Gasteiger partial charge in [0.1, 0.15) is 0 Å². The molecule has 1 aliphatic heterocycles. The molecule has 1 unspecified atom stereocenters. The average molecular weight is 301 g/mol. The molecule has 3 nitrogen and oxygen atoms in total. The molecular weight excluding hydrogens is 278 g/mol. The zero-order valence-electron chi connectivity index (χ0n) is 12.7. The minimum absolute atomic E-state index is 0.559. The smallest absolute Gasteiger partial charge is 0.186 e. The van der Waals surface area contributed by atoms with Crippen LogP contribution in [0.15, 0.2) is 30.3 Å². The molecule has 1 fully saturated rings. The van der Waals surface area contributed by atoms with Crippen LogP contribution in [-0.2, 0) is 6.54 Å². The van der Waals surface area contributed by atoms with E-state index >= 15 is 0 Å². The molecule has 1 aromatic heterocycles. The van der Waals surface area contributed by atoms with Gasteiger partial charge >= 0.3 is 0 Å². The first-order valence-corrected chi connectivity index (χ1v) is 8.51. The Balaban J connectivity index is 1.87. The maximum absolute atomic E-state index is 5.93. The van der Waals surface area contributed by atoms with Gasteiger partial charge in [-0.15, -0.1) is 0 Å². The summed E-state index contributed by atoms with van der Waals surface area (Å²) in [6.45, 7) is 7.44. The van der Waals surface area contributed by atoms with Gasteiger partial charge in [-0.1, -0.05) is 55.5 Å². The van der Waals surface area contributed by atoms with Gasteiger partial charge in [0.25, 0.3) is 0 Å². The third-order valence-corrected chi connectivity index (χ3v) is 5.50. The fourth-order valence-corrected chi connectivity index (χ4v) is 3.94. The van der Waals surface area contributed by atoms with Crippen molar-refractivity contribution in [1.29, 1.82) is 0 Å². The van der Waals surface area contributed by atoms with E-state index in [-0.39, 0.29) is 0 Å². The molecule has 3 rings (SSSR count). The van der Waals surface area contributed by atoms with E-state index in [2.05, 4.69) is 43.0 Å². The fourth-order valence-electron chi connectivity index (χ4n) is 2.94. The lowest BCUT2D eigenvalue weighted by molar-refractivity contribution is 0.423. The molecule has 2 N–H and O–H groups in total. The van der Waals surface area contributed by atoms with Gasteiger partial charge in [-0.05, 0) is 18.3 Å². The standard InChI is InChI=1S/C17H23N3S/c1-12(2)14-8-9-20(11-14)17-19-16(15(10-18)21-17)13-6-4-3-5-7-13/h3-7,12,14H,8-11,18H2,1-2H3. The van der Waals surface area contributed by atoms with Crippen LogP contribution in [0.25, 0.3) is 11.3 Å². The molecule has 1 aliphatic rings. The van der Waals surface area contributed by atoms with E-state index in [1.807, 2.05) is 6.07 Å². The fraction of sp³-hybridized carbons (Fsp3) is 0.471. The SMILES string of the molecule is CC(C)C1CCN(c2nc(-c3ccccc3)c(CN)s2)C1. The van der Waals surface area contributed by atoms with E-state index in [0.29, 0.717) is 6.54 Å². The Labute approximate surface area is 130 Å². The molecular formula is C17H23N3S. The first-order chi connectivity index (χ1) is 10.2. The summed E-state index contributed by atoms with van der Waals surface area (Å²) in [6, 6.07) is 10.4. The van der Waals surface area contributed by atoms with Crippen LogP contribution < -0.4 is 10.6 Å². The summed E-state index contributed by atoms with van der Waals surface area (Å²) in [5, 5.41) is 1.14. The minimum atomic E-state index is 0.559. The summed E-state index contributed by atoms with van der Waals surface area (Å²) >= 11 is 1.76. The van der Waals surface area contributed by atoms with Gasteiger partial charge in [0.05, 0.1) is 5.69 Å². The molecule has 1 saturated heterocycles. The molecule has 0 bridgehead atoms. The second-order valence-corrected chi connectivity index (χ2v) is 7.14. The second-order valence-electron chi connectivity index (χ2n) is 6.08. The summed E-state index contributed by atoms with van der Waals surface area (Å²) in [5.41, 5.74) is 8.16. The first kappa shape index (κ1) is 14.5. The highest BCUT2D eigenvalue weighted by molar-refractivity contribution is 7.16. The summed E-state index contributed by atoms with van der Waals surface area (Å²) < 4.78 is 0. The van der Waals surface area contributed by atoms with Crippen LogP contribution in [-0.4, -0.2) is 18.1 Å². The molecule has 0 spiro atoms. The molecule has 2 aromatic rings. The zero-order valence-corrected chi connectivity index (χ0v) is 13.6. The second kappa shape index (κ2) is 6.16. The largest absolute Gasteiger partial charge is 0.348 e. The Morgan fingerprint density at radius 2 is 2.10 bits per heavy atom. The molecule has 21 heavy (non-hydrogen) atoms.